The predicted molar refractivity (Wildman–Crippen MR) is 100 cm³/mol. The fourth-order valence-corrected chi connectivity index (χ4v) is 2.30. The van der Waals surface area contributed by atoms with Crippen LogP contribution in [0.3, 0.4) is 0 Å². The Kier molecular flexibility index (Phi) is 6.45. The molecule has 0 aliphatic carbocycles. The molecule has 0 radical (unpaired) electrons. The number of carbonyl (C=O) groups is 1. The van der Waals surface area contributed by atoms with Gasteiger partial charge in [0.05, 0.1) is 6.04 Å². The van der Waals surface area contributed by atoms with Crippen LogP contribution in [-0.4, -0.2) is 24.7 Å². The van der Waals surface area contributed by atoms with E-state index in [2.05, 4.69) is 5.32 Å². The molecular formula is C21H27NO3. The maximum atomic E-state index is 12.3. The Hall–Kier alpha value is -2.49. The van der Waals surface area contributed by atoms with Crippen LogP contribution in [0.1, 0.15) is 30.5 Å². The first-order valence-corrected chi connectivity index (χ1v) is 8.59. The number of rotatable bonds is 7. The number of benzene rings is 2. The largest absolute Gasteiger partial charge is 0.491 e. The third kappa shape index (κ3) is 5.82. The number of hydrogen-bond acceptors (Lipinski definition) is 3. The Morgan fingerprint density at radius 3 is 2.24 bits per heavy atom. The highest BCUT2D eigenvalue weighted by molar-refractivity contribution is 5.81. The molecule has 0 unspecified atom stereocenters. The molecule has 0 spiro atoms. The van der Waals surface area contributed by atoms with Gasteiger partial charge in [0.1, 0.15) is 18.1 Å². The summed E-state index contributed by atoms with van der Waals surface area (Å²) in [5.41, 5.74) is 3.53. The maximum Gasteiger partial charge on any atom is 0.261 e. The van der Waals surface area contributed by atoms with Gasteiger partial charge in [-0.1, -0.05) is 23.8 Å². The molecule has 4 heteroatoms. The molecule has 0 saturated carbocycles. The van der Waals surface area contributed by atoms with Gasteiger partial charge < -0.3 is 14.8 Å². The van der Waals surface area contributed by atoms with E-state index in [1.807, 2.05) is 70.2 Å². The SMILES string of the molecule is Cc1ccc(OC[C@H](C)NC(=O)[C@@H](C)Oc2ccc(C)c(C)c2)cc1. The van der Waals surface area contributed by atoms with Crippen LogP contribution in [0.4, 0.5) is 0 Å². The minimum atomic E-state index is -0.566. The van der Waals surface area contributed by atoms with Gasteiger partial charge in [-0.15, -0.1) is 0 Å². The molecule has 2 atom stereocenters. The van der Waals surface area contributed by atoms with Crippen molar-refractivity contribution in [1.29, 1.82) is 0 Å². The summed E-state index contributed by atoms with van der Waals surface area (Å²) in [6.07, 6.45) is -0.566. The van der Waals surface area contributed by atoms with Crippen LogP contribution in [0.2, 0.25) is 0 Å². The highest BCUT2D eigenvalue weighted by Crippen LogP contribution is 2.18. The van der Waals surface area contributed by atoms with E-state index in [0.717, 1.165) is 11.3 Å². The number of carbonyl (C=O) groups excluding carboxylic acids is 1. The van der Waals surface area contributed by atoms with Crippen molar-refractivity contribution in [2.24, 2.45) is 0 Å². The van der Waals surface area contributed by atoms with Gasteiger partial charge >= 0.3 is 0 Å². The van der Waals surface area contributed by atoms with Crippen LogP contribution in [0.25, 0.3) is 0 Å². The molecule has 134 valence electrons. The molecule has 1 N–H and O–H groups in total. The molecule has 0 aromatic heterocycles. The van der Waals surface area contributed by atoms with E-state index in [-0.39, 0.29) is 11.9 Å². The summed E-state index contributed by atoms with van der Waals surface area (Å²) in [6.45, 7) is 10.2. The summed E-state index contributed by atoms with van der Waals surface area (Å²) in [7, 11) is 0. The van der Waals surface area contributed by atoms with Gasteiger partial charge in [-0.3, -0.25) is 4.79 Å². The van der Waals surface area contributed by atoms with Gasteiger partial charge in [0.2, 0.25) is 0 Å². The minimum Gasteiger partial charge on any atom is -0.491 e. The summed E-state index contributed by atoms with van der Waals surface area (Å²) < 4.78 is 11.4. The lowest BCUT2D eigenvalue weighted by Crippen LogP contribution is -2.43. The first-order chi connectivity index (χ1) is 11.8. The molecule has 1 amide bonds. The number of nitrogens with one attached hydrogen (secondary N) is 1. The molecule has 2 aromatic rings. The van der Waals surface area contributed by atoms with Gasteiger partial charge in [0, 0.05) is 0 Å². The Morgan fingerprint density at radius 1 is 0.960 bits per heavy atom. The van der Waals surface area contributed by atoms with Crippen LogP contribution < -0.4 is 14.8 Å². The molecule has 0 fully saturated rings. The normalized spacial score (nSPS) is 13.0. The zero-order valence-electron chi connectivity index (χ0n) is 15.6. The fourth-order valence-electron chi connectivity index (χ4n) is 2.30. The van der Waals surface area contributed by atoms with Crippen molar-refractivity contribution in [3.05, 3.63) is 59.2 Å². The molecule has 2 aromatic carbocycles. The standard InChI is InChI=1S/C21H27NO3/c1-14-6-9-19(10-7-14)24-13-17(4)22-21(23)18(5)25-20-11-8-15(2)16(3)12-20/h6-12,17-18H,13H2,1-5H3,(H,22,23)/t17-,18+/m0/s1. The van der Waals surface area contributed by atoms with Crippen molar-refractivity contribution in [2.75, 3.05) is 6.61 Å². The van der Waals surface area contributed by atoms with Crippen LogP contribution >= 0.6 is 0 Å². The Bertz CT molecular complexity index is 710. The van der Waals surface area contributed by atoms with Crippen molar-refractivity contribution in [3.63, 3.8) is 0 Å². The van der Waals surface area contributed by atoms with Crippen LogP contribution in [0.5, 0.6) is 11.5 Å². The molecule has 25 heavy (non-hydrogen) atoms. The zero-order valence-corrected chi connectivity index (χ0v) is 15.6. The van der Waals surface area contributed by atoms with Crippen LogP contribution in [0, 0.1) is 20.8 Å². The van der Waals surface area contributed by atoms with E-state index in [9.17, 15) is 4.79 Å². The van der Waals surface area contributed by atoms with Crippen molar-refractivity contribution >= 4 is 5.91 Å². The van der Waals surface area contributed by atoms with E-state index in [0.29, 0.717) is 12.4 Å². The van der Waals surface area contributed by atoms with E-state index < -0.39 is 6.10 Å². The topological polar surface area (TPSA) is 47.6 Å². The van der Waals surface area contributed by atoms with E-state index >= 15 is 0 Å². The first kappa shape index (κ1) is 18.8. The van der Waals surface area contributed by atoms with Gasteiger partial charge in [0.25, 0.3) is 5.91 Å². The summed E-state index contributed by atoms with van der Waals surface area (Å²) in [5, 5.41) is 2.92. The number of hydrogen-bond donors (Lipinski definition) is 1. The second kappa shape index (κ2) is 8.56. The quantitative estimate of drug-likeness (QED) is 0.829. The number of ether oxygens (including phenoxy) is 2. The van der Waals surface area contributed by atoms with Gasteiger partial charge in [-0.2, -0.15) is 0 Å². The Morgan fingerprint density at radius 2 is 1.60 bits per heavy atom. The van der Waals surface area contributed by atoms with Crippen molar-refractivity contribution < 1.29 is 14.3 Å². The fraction of sp³-hybridized carbons (Fsp3) is 0.381. The number of amides is 1. The Labute approximate surface area is 150 Å². The molecule has 0 heterocycles. The highest BCUT2D eigenvalue weighted by Gasteiger charge is 2.17. The number of aryl methyl sites for hydroxylation is 3. The lowest BCUT2D eigenvalue weighted by molar-refractivity contribution is -0.128. The predicted octanol–water partition coefficient (Wildman–Crippen LogP) is 3.96. The second-order valence-corrected chi connectivity index (χ2v) is 6.54. The second-order valence-electron chi connectivity index (χ2n) is 6.54. The smallest absolute Gasteiger partial charge is 0.261 e. The van der Waals surface area contributed by atoms with E-state index in [1.165, 1.54) is 11.1 Å². The van der Waals surface area contributed by atoms with Crippen LogP contribution in [0.15, 0.2) is 42.5 Å². The highest BCUT2D eigenvalue weighted by atomic mass is 16.5. The van der Waals surface area contributed by atoms with Gasteiger partial charge in [-0.05, 0) is 70.0 Å². The minimum absolute atomic E-state index is 0.111. The maximum absolute atomic E-state index is 12.3. The van der Waals surface area contributed by atoms with E-state index in [1.54, 1.807) is 6.92 Å². The summed E-state index contributed by atoms with van der Waals surface area (Å²) in [6, 6.07) is 13.6. The third-order valence-electron chi connectivity index (χ3n) is 4.07. The molecule has 0 aliphatic rings. The summed E-state index contributed by atoms with van der Waals surface area (Å²) >= 11 is 0. The molecule has 4 nitrogen and oxygen atoms in total. The summed E-state index contributed by atoms with van der Waals surface area (Å²) in [5.74, 6) is 1.35. The monoisotopic (exact) mass is 341 g/mol. The molecule has 0 bridgehead atoms. The van der Waals surface area contributed by atoms with Crippen molar-refractivity contribution in [2.45, 2.75) is 46.8 Å². The average Bonchev–Trinajstić information content (AvgIpc) is 2.57. The molecule has 2 rings (SSSR count). The molecular weight excluding hydrogens is 314 g/mol. The van der Waals surface area contributed by atoms with Gasteiger partial charge in [0.15, 0.2) is 6.10 Å². The summed E-state index contributed by atoms with van der Waals surface area (Å²) in [4.78, 5) is 12.3. The zero-order chi connectivity index (χ0) is 18.4. The average molecular weight is 341 g/mol. The molecule has 0 saturated heterocycles. The lowest BCUT2D eigenvalue weighted by atomic mass is 10.1. The first-order valence-electron chi connectivity index (χ1n) is 8.59. The van der Waals surface area contributed by atoms with Crippen molar-refractivity contribution in [1.82, 2.24) is 5.32 Å². The van der Waals surface area contributed by atoms with Crippen molar-refractivity contribution in [3.8, 4) is 11.5 Å². The van der Waals surface area contributed by atoms with Crippen LogP contribution in [-0.2, 0) is 4.79 Å². The molecule has 0 aliphatic heterocycles. The third-order valence-corrected chi connectivity index (χ3v) is 4.07. The lowest BCUT2D eigenvalue weighted by Gasteiger charge is -2.19. The van der Waals surface area contributed by atoms with Gasteiger partial charge in [-0.25, -0.2) is 0 Å². The van der Waals surface area contributed by atoms with E-state index in [4.69, 9.17) is 9.47 Å². The Balaban J connectivity index is 1.81.